The lowest BCUT2D eigenvalue weighted by molar-refractivity contribution is 0.102. The maximum absolute atomic E-state index is 13.7. The van der Waals surface area contributed by atoms with Crippen LogP contribution in [0.3, 0.4) is 0 Å². The van der Waals surface area contributed by atoms with Crippen LogP contribution in [0, 0.1) is 17.5 Å². The third-order valence-electron chi connectivity index (χ3n) is 3.95. The van der Waals surface area contributed by atoms with Gasteiger partial charge < -0.3 is 20.1 Å². The minimum absolute atomic E-state index is 0.111. The predicted molar refractivity (Wildman–Crippen MR) is 94.4 cm³/mol. The molecule has 0 bridgehead atoms. The molecule has 2 heterocycles. The number of ether oxygens (including phenoxy) is 2. The first-order valence-corrected chi connectivity index (χ1v) is 8.09. The molecular weight excluding hydrogens is 375 g/mol. The van der Waals surface area contributed by atoms with Gasteiger partial charge in [-0.3, -0.25) is 4.79 Å². The van der Waals surface area contributed by atoms with Crippen LogP contribution in [0.5, 0.6) is 11.5 Å². The van der Waals surface area contributed by atoms with Crippen molar-refractivity contribution in [2.45, 2.75) is 0 Å². The molecule has 4 rings (SSSR count). The van der Waals surface area contributed by atoms with Crippen molar-refractivity contribution in [3.8, 4) is 11.5 Å². The Hall–Kier alpha value is -3.75. The molecule has 6 nitrogen and oxygen atoms in total. The van der Waals surface area contributed by atoms with Gasteiger partial charge in [0, 0.05) is 18.0 Å². The standard InChI is InChI=1S/C19H12F3N3O3/c20-12-3-4-13(18(22)17(12)21)25-19(26)10-1-6-16(23-8-10)24-11-2-5-14-15(7-11)28-9-27-14/h1-8H,9H2,(H,23,24)(H,25,26). The van der Waals surface area contributed by atoms with Crippen LogP contribution in [-0.4, -0.2) is 17.7 Å². The largest absolute Gasteiger partial charge is 0.454 e. The zero-order valence-corrected chi connectivity index (χ0v) is 14.1. The molecule has 0 spiro atoms. The number of amides is 1. The predicted octanol–water partition coefficient (Wildman–Crippen LogP) is 4.22. The highest BCUT2D eigenvalue weighted by molar-refractivity contribution is 6.04. The van der Waals surface area contributed by atoms with Crippen LogP contribution >= 0.6 is 0 Å². The molecule has 2 N–H and O–H groups in total. The highest BCUT2D eigenvalue weighted by Crippen LogP contribution is 2.34. The van der Waals surface area contributed by atoms with Crippen LogP contribution in [0.4, 0.5) is 30.4 Å². The molecule has 0 saturated carbocycles. The quantitative estimate of drug-likeness (QED) is 0.656. The van der Waals surface area contributed by atoms with E-state index in [2.05, 4.69) is 15.6 Å². The number of halogens is 3. The average Bonchev–Trinajstić information content (AvgIpc) is 3.17. The molecule has 142 valence electrons. The molecule has 0 saturated heterocycles. The first-order chi connectivity index (χ1) is 13.5. The second kappa shape index (κ2) is 7.10. The Bertz CT molecular complexity index is 1060. The second-order valence-corrected chi connectivity index (χ2v) is 5.80. The van der Waals surface area contributed by atoms with E-state index >= 15 is 0 Å². The Morgan fingerprint density at radius 2 is 1.79 bits per heavy atom. The van der Waals surface area contributed by atoms with Gasteiger partial charge in [0.1, 0.15) is 5.82 Å². The van der Waals surface area contributed by atoms with E-state index in [1.807, 2.05) is 0 Å². The Kier molecular flexibility index (Phi) is 4.48. The fraction of sp³-hybridized carbons (Fsp3) is 0.0526. The van der Waals surface area contributed by atoms with E-state index in [-0.39, 0.29) is 12.4 Å². The van der Waals surface area contributed by atoms with Gasteiger partial charge in [0.25, 0.3) is 5.91 Å². The average molecular weight is 387 g/mol. The molecule has 1 amide bonds. The van der Waals surface area contributed by atoms with Gasteiger partial charge in [0.15, 0.2) is 29.0 Å². The van der Waals surface area contributed by atoms with E-state index in [1.165, 1.54) is 12.3 Å². The number of hydrogen-bond donors (Lipinski definition) is 2. The normalized spacial score (nSPS) is 12.0. The molecule has 0 radical (unpaired) electrons. The molecule has 0 aliphatic carbocycles. The van der Waals surface area contributed by atoms with E-state index in [0.717, 1.165) is 12.1 Å². The third-order valence-corrected chi connectivity index (χ3v) is 3.95. The van der Waals surface area contributed by atoms with Gasteiger partial charge in [-0.2, -0.15) is 0 Å². The second-order valence-electron chi connectivity index (χ2n) is 5.80. The number of anilines is 3. The number of carbonyl (C=O) groups is 1. The smallest absolute Gasteiger partial charge is 0.257 e. The highest BCUT2D eigenvalue weighted by Gasteiger charge is 2.17. The fourth-order valence-electron chi connectivity index (χ4n) is 2.54. The van der Waals surface area contributed by atoms with Gasteiger partial charge in [-0.1, -0.05) is 0 Å². The molecular formula is C19H12F3N3O3. The number of benzene rings is 2. The lowest BCUT2D eigenvalue weighted by Crippen LogP contribution is -2.14. The topological polar surface area (TPSA) is 72.5 Å². The first-order valence-electron chi connectivity index (χ1n) is 8.09. The number of carbonyl (C=O) groups excluding carboxylic acids is 1. The summed E-state index contributed by atoms with van der Waals surface area (Å²) < 4.78 is 50.4. The van der Waals surface area contributed by atoms with Crippen LogP contribution in [0.2, 0.25) is 0 Å². The summed E-state index contributed by atoms with van der Waals surface area (Å²) in [5, 5.41) is 5.22. The first kappa shape index (κ1) is 17.7. The van der Waals surface area contributed by atoms with Crippen molar-refractivity contribution in [3.63, 3.8) is 0 Å². The van der Waals surface area contributed by atoms with Crippen molar-refractivity contribution >= 4 is 23.1 Å². The van der Waals surface area contributed by atoms with Crippen LogP contribution in [0.25, 0.3) is 0 Å². The molecule has 28 heavy (non-hydrogen) atoms. The minimum atomic E-state index is -1.65. The summed E-state index contributed by atoms with van der Waals surface area (Å²) in [6.07, 6.45) is 1.27. The third kappa shape index (κ3) is 3.41. The number of hydrogen-bond acceptors (Lipinski definition) is 5. The Balaban J connectivity index is 1.45. The van der Waals surface area contributed by atoms with Crippen molar-refractivity contribution in [1.29, 1.82) is 0 Å². The minimum Gasteiger partial charge on any atom is -0.454 e. The van der Waals surface area contributed by atoms with Crippen molar-refractivity contribution in [2.75, 3.05) is 17.4 Å². The number of fused-ring (bicyclic) bond motifs is 1. The molecule has 0 atom stereocenters. The molecule has 0 unspecified atom stereocenters. The van der Waals surface area contributed by atoms with E-state index in [0.29, 0.717) is 23.0 Å². The maximum atomic E-state index is 13.7. The van der Waals surface area contributed by atoms with Crippen molar-refractivity contribution < 1.29 is 27.4 Å². The molecule has 2 aromatic carbocycles. The van der Waals surface area contributed by atoms with Crippen molar-refractivity contribution in [1.82, 2.24) is 4.98 Å². The van der Waals surface area contributed by atoms with E-state index in [4.69, 9.17) is 9.47 Å². The zero-order valence-electron chi connectivity index (χ0n) is 14.1. The molecule has 1 aliphatic rings. The summed E-state index contributed by atoms with van der Waals surface area (Å²) in [4.78, 5) is 16.3. The van der Waals surface area contributed by atoms with Gasteiger partial charge in [0.2, 0.25) is 6.79 Å². The lowest BCUT2D eigenvalue weighted by Gasteiger charge is -2.09. The van der Waals surface area contributed by atoms with Gasteiger partial charge in [-0.15, -0.1) is 0 Å². The van der Waals surface area contributed by atoms with Crippen molar-refractivity contribution in [3.05, 3.63) is 71.7 Å². The monoisotopic (exact) mass is 387 g/mol. The SMILES string of the molecule is O=C(Nc1ccc(F)c(F)c1F)c1ccc(Nc2ccc3c(c2)OCO3)nc1. The van der Waals surface area contributed by atoms with Crippen LogP contribution in [0.1, 0.15) is 10.4 Å². The zero-order chi connectivity index (χ0) is 19.7. The molecule has 9 heteroatoms. The number of nitrogens with one attached hydrogen (secondary N) is 2. The van der Waals surface area contributed by atoms with E-state index in [1.54, 1.807) is 24.3 Å². The summed E-state index contributed by atoms with van der Waals surface area (Å²) in [6.45, 7) is 0.166. The summed E-state index contributed by atoms with van der Waals surface area (Å²) in [5.74, 6) is -3.47. The Labute approximate surface area is 156 Å². The lowest BCUT2D eigenvalue weighted by atomic mass is 10.2. The fourth-order valence-corrected chi connectivity index (χ4v) is 2.54. The van der Waals surface area contributed by atoms with E-state index in [9.17, 15) is 18.0 Å². The molecule has 1 aliphatic heterocycles. The highest BCUT2D eigenvalue weighted by atomic mass is 19.2. The summed E-state index contributed by atoms with van der Waals surface area (Å²) in [5.41, 5.74) is 0.352. The van der Waals surface area contributed by atoms with Crippen molar-refractivity contribution in [2.24, 2.45) is 0 Å². The molecule has 0 fully saturated rings. The van der Waals surface area contributed by atoms with E-state index < -0.39 is 29.0 Å². The summed E-state index contributed by atoms with van der Waals surface area (Å²) >= 11 is 0. The van der Waals surface area contributed by atoms with Gasteiger partial charge in [-0.25, -0.2) is 18.2 Å². The number of nitrogens with zero attached hydrogens (tertiary/aromatic N) is 1. The summed E-state index contributed by atoms with van der Waals surface area (Å²) in [7, 11) is 0. The maximum Gasteiger partial charge on any atom is 0.257 e. The van der Waals surface area contributed by atoms with Gasteiger partial charge in [0.05, 0.1) is 11.3 Å². The van der Waals surface area contributed by atoms with Crippen LogP contribution in [-0.2, 0) is 0 Å². The summed E-state index contributed by atoms with van der Waals surface area (Å²) in [6, 6.07) is 9.94. The van der Waals surface area contributed by atoms with Crippen LogP contribution < -0.4 is 20.1 Å². The Morgan fingerprint density at radius 1 is 0.964 bits per heavy atom. The Morgan fingerprint density at radius 3 is 2.57 bits per heavy atom. The number of rotatable bonds is 4. The van der Waals surface area contributed by atoms with Crippen LogP contribution in [0.15, 0.2) is 48.7 Å². The number of pyridine rings is 1. The number of aromatic nitrogens is 1. The van der Waals surface area contributed by atoms with Gasteiger partial charge >= 0.3 is 0 Å². The molecule has 3 aromatic rings. The molecule has 1 aromatic heterocycles. The van der Waals surface area contributed by atoms with Gasteiger partial charge in [-0.05, 0) is 36.4 Å².